The second-order valence-electron chi connectivity index (χ2n) is 9.40. The SMILES string of the molecule is CC1=NN(c2ccc(C)cc2)C(=O)[C@H]1[C@H](c1cccc(O)c1)c1c(C)[nH]n(-c2ccc(C)cc2)c1=O. The topological polar surface area (TPSA) is 90.7 Å². The molecule has 2 N–H and O–H groups in total. The predicted octanol–water partition coefficient (Wildman–Crippen LogP) is 4.97. The fourth-order valence-electron chi connectivity index (χ4n) is 4.88. The molecule has 7 nitrogen and oxygen atoms in total. The zero-order valence-electron chi connectivity index (χ0n) is 20.7. The van der Waals surface area contributed by atoms with Crippen LogP contribution in [0.25, 0.3) is 5.69 Å². The Morgan fingerprint density at radius 1 is 0.861 bits per heavy atom. The molecule has 0 saturated heterocycles. The molecule has 2 heterocycles. The largest absolute Gasteiger partial charge is 0.508 e. The minimum Gasteiger partial charge on any atom is -0.508 e. The number of hydrazone groups is 1. The summed E-state index contributed by atoms with van der Waals surface area (Å²) in [5.41, 5.74) is 5.72. The fraction of sp³-hybridized carbons (Fsp3) is 0.207. The van der Waals surface area contributed by atoms with Crippen LogP contribution in [0.3, 0.4) is 0 Å². The summed E-state index contributed by atoms with van der Waals surface area (Å²) in [6, 6.07) is 22.0. The number of nitrogens with one attached hydrogen (secondary N) is 1. The summed E-state index contributed by atoms with van der Waals surface area (Å²) < 4.78 is 1.50. The van der Waals surface area contributed by atoms with Gasteiger partial charge in [0.2, 0.25) is 0 Å². The van der Waals surface area contributed by atoms with Gasteiger partial charge in [-0.2, -0.15) is 5.10 Å². The molecule has 2 atom stereocenters. The quantitative estimate of drug-likeness (QED) is 0.423. The van der Waals surface area contributed by atoms with Crippen LogP contribution in [0.2, 0.25) is 0 Å². The van der Waals surface area contributed by atoms with Crippen LogP contribution in [-0.4, -0.2) is 26.5 Å². The van der Waals surface area contributed by atoms with Crippen molar-refractivity contribution in [3.05, 3.63) is 111 Å². The Balaban J connectivity index is 1.65. The predicted molar refractivity (Wildman–Crippen MR) is 141 cm³/mol. The highest BCUT2D eigenvalue weighted by atomic mass is 16.3. The van der Waals surface area contributed by atoms with Crippen LogP contribution in [0.15, 0.2) is 82.7 Å². The maximum absolute atomic E-state index is 13.8. The third-order valence-corrected chi connectivity index (χ3v) is 6.74. The highest BCUT2D eigenvalue weighted by Gasteiger charge is 2.43. The highest BCUT2D eigenvalue weighted by molar-refractivity contribution is 6.15. The maximum Gasteiger partial charge on any atom is 0.275 e. The van der Waals surface area contributed by atoms with E-state index in [4.69, 9.17) is 0 Å². The number of nitrogens with zero attached hydrogens (tertiary/aromatic N) is 3. The van der Waals surface area contributed by atoms with E-state index in [0.29, 0.717) is 33.9 Å². The van der Waals surface area contributed by atoms with E-state index in [-0.39, 0.29) is 17.2 Å². The first-order valence-corrected chi connectivity index (χ1v) is 11.9. The molecule has 0 spiro atoms. The van der Waals surface area contributed by atoms with Crippen molar-refractivity contribution in [2.45, 2.75) is 33.6 Å². The van der Waals surface area contributed by atoms with Crippen molar-refractivity contribution in [2.75, 3.05) is 5.01 Å². The van der Waals surface area contributed by atoms with E-state index in [1.165, 1.54) is 9.69 Å². The molecular weight excluding hydrogens is 452 g/mol. The molecule has 4 aromatic rings. The van der Waals surface area contributed by atoms with Gasteiger partial charge in [0.1, 0.15) is 5.75 Å². The minimum atomic E-state index is -0.707. The van der Waals surface area contributed by atoms with E-state index in [9.17, 15) is 14.7 Å². The molecule has 1 amide bonds. The highest BCUT2D eigenvalue weighted by Crippen LogP contribution is 2.39. The number of aromatic hydroxyl groups is 1. The number of aryl methyl sites for hydroxylation is 3. The summed E-state index contributed by atoms with van der Waals surface area (Å²) in [7, 11) is 0. The van der Waals surface area contributed by atoms with Gasteiger partial charge in [0.05, 0.1) is 17.3 Å². The molecule has 7 heteroatoms. The Bertz CT molecular complexity index is 1530. The molecule has 3 aromatic carbocycles. The summed E-state index contributed by atoms with van der Waals surface area (Å²) in [5, 5.41) is 19.5. The smallest absolute Gasteiger partial charge is 0.275 e. The second kappa shape index (κ2) is 9.00. The van der Waals surface area contributed by atoms with Crippen molar-refractivity contribution in [1.82, 2.24) is 9.78 Å². The van der Waals surface area contributed by atoms with Crippen LogP contribution in [0.1, 0.15) is 40.8 Å². The van der Waals surface area contributed by atoms with Gasteiger partial charge < -0.3 is 5.11 Å². The molecule has 1 aliphatic rings. The lowest BCUT2D eigenvalue weighted by atomic mass is 9.78. The van der Waals surface area contributed by atoms with Crippen LogP contribution in [-0.2, 0) is 4.79 Å². The summed E-state index contributed by atoms with van der Waals surface area (Å²) in [6.07, 6.45) is 0. The van der Waals surface area contributed by atoms with Gasteiger partial charge >= 0.3 is 0 Å². The average molecular weight is 481 g/mol. The van der Waals surface area contributed by atoms with Gasteiger partial charge in [0.25, 0.3) is 11.5 Å². The molecule has 1 aromatic heterocycles. The van der Waals surface area contributed by atoms with Gasteiger partial charge in [-0.1, -0.05) is 47.5 Å². The second-order valence-corrected chi connectivity index (χ2v) is 9.40. The summed E-state index contributed by atoms with van der Waals surface area (Å²) >= 11 is 0. The van der Waals surface area contributed by atoms with Crippen molar-refractivity contribution < 1.29 is 9.90 Å². The molecule has 5 rings (SSSR count). The lowest BCUT2D eigenvalue weighted by Gasteiger charge is -2.23. The van der Waals surface area contributed by atoms with Gasteiger partial charge in [-0.25, -0.2) is 9.69 Å². The van der Waals surface area contributed by atoms with E-state index in [0.717, 1.165) is 11.1 Å². The Kier molecular flexibility index (Phi) is 5.84. The Labute approximate surface area is 209 Å². The molecule has 0 aliphatic carbocycles. The summed E-state index contributed by atoms with van der Waals surface area (Å²) in [5.74, 6) is -1.49. The van der Waals surface area contributed by atoms with Gasteiger partial charge in [-0.05, 0) is 69.7 Å². The number of phenols is 1. The number of hydrogen-bond acceptors (Lipinski definition) is 4. The summed E-state index contributed by atoms with van der Waals surface area (Å²) in [4.78, 5) is 27.7. The zero-order valence-corrected chi connectivity index (χ0v) is 20.7. The standard InChI is InChI=1S/C29H28N4O3/c1-17-8-12-22(13-9-17)32-28(35)25(19(3)30-32)27(21-6-5-7-24(34)16-21)26-20(4)31-33(29(26)36)23-14-10-18(2)11-15-23/h5-16,25,27,31,34H,1-4H3/t25-,27+/m1/s1. The van der Waals surface area contributed by atoms with Crippen molar-refractivity contribution in [1.29, 1.82) is 0 Å². The first-order valence-electron chi connectivity index (χ1n) is 11.9. The minimum absolute atomic E-state index is 0.0694. The van der Waals surface area contributed by atoms with Gasteiger partial charge in [-0.15, -0.1) is 0 Å². The monoisotopic (exact) mass is 480 g/mol. The van der Waals surface area contributed by atoms with Crippen LogP contribution < -0.4 is 10.6 Å². The average Bonchev–Trinajstić information content (AvgIpc) is 3.31. The Morgan fingerprint density at radius 2 is 1.47 bits per heavy atom. The molecule has 0 bridgehead atoms. The number of phenolic OH excluding ortho intramolecular Hbond substituents is 1. The third kappa shape index (κ3) is 4.02. The summed E-state index contributed by atoms with van der Waals surface area (Å²) in [6.45, 7) is 7.62. The number of benzene rings is 3. The van der Waals surface area contributed by atoms with Gasteiger partial charge in [-0.3, -0.25) is 14.7 Å². The van der Waals surface area contributed by atoms with Crippen LogP contribution in [0, 0.1) is 26.7 Å². The number of anilines is 1. The third-order valence-electron chi connectivity index (χ3n) is 6.74. The molecule has 36 heavy (non-hydrogen) atoms. The van der Waals surface area contributed by atoms with Gasteiger partial charge in [0, 0.05) is 22.9 Å². The molecule has 0 radical (unpaired) electrons. The van der Waals surface area contributed by atoms with Crippen molar-refractivity contribution in [2.24, 2.45) is 11.0 Å². The Hall–Kier alpha value is -4.39. The molecule has 0 fully saturated rings. The maximum atomic E-state index is 13.8. The first-order chi connectivity index (χ1) is 17.2. The van der Waals surface area contributed by atoms with E-state index < -0.39 is 11.8 Å². The number of carbonyl (C=O) groups excluding carboxylic acids is 1. The normalized spacial score (nSPS) is 16.3. The number of carbonyl (C=O) groups is 1. The molecular formula is C29H28N4O3. The fourth-order valence-corrected chi connectivity index (χ4v) is 4.88. The molecule has 0 saturated carbocycles. The number of H-pyrrole nitrogens is 1. The van der Waals surface area contributed by atoms with Crippen LogP contribution in [0.5, 0.6) is 5.75 Å². The van der Waals surface area contributed by atoms with E-state index in [2.05, 4.69) is 10.2 Å². The van der Waals surface area contributed by atoms with Crippen molar-refractivity contribution in [3.8, 4) is 11.4 Å². The number of rotatable bonds is 5. The van der Waals surface area contributed by atoms with E-state index >= 15 is 0 Å². The van der Waals surface area contributed by atoms with Crippen molar-refractivity contribution in [3.63, 3.8) is 0 Å². The van der Waals surface area contributed by atoms with E-state index in [1.807, 2.05) is 82.3 Å². The van der Waals surface area contributed by atoms with E-state index in [1.54, 1.807) is 18.2 Å². The number of hydrogen-bond donors (Lipinski definition) is 2. The lowest BCUT2D eigenvalue weighted by molar-refractivity contribution is -0.120. The molecule has 1 aliphatic heterocycles. The number of aromatic nitrogens is 2. The number of aromatic amines is 1. The van der Waals surface area contributed by atoms with Crippen molar-refractivity contribution >= 4 is 17.3 Å². The molecule has 0 unspecified atom stereocenters. The van der Waals surface area contributed by atoms with Crippen LogP contribution in [0.4, 0.5) is 5.69 Å². The Morgan fingerprint density at radius 3 is 2.08 bits per heavy atom. The van der Waals surface area contributed by atoms with Crippen LogP contribution >= 0.6 is 0 Å². The molecule has 182 valence electrons. The number of amides is 1. The first kappa shape index (κ1) is 23.4. The lowest BCUT2D eigenvalue weighted by Crippen LogP contribution is -2.34. The van der Waals surface area contributed by atoms with Gasteiger partial charge in [0.15, 0.2) is 0 Å². The zero-order chi connectivity index (χ0) is 25.6.